The molecule has 1 amide bonds. The molecule has 4 heteroatoms. The predicted octanol–water partition coefficient (Wildman–Crippen LogP) is 3.41. The molecule has 0 spiro atoms. The number of anilines is 1. The van der Waals surface area contributed by atoms with Crippen LogP contribution in [0.15, 0.2) is 28.7 Å². The van der Waals surface area contributed by atoms with Crippen LogP contribution in [0.2, 0.25) is 0 Å². The normalized spacial score (nSPS) is 20.1. The number of nitrogens with one attached hydrogen (secondary N) is 2. The van der Waals surface area contributed by atoms with Gasteiger partial charge >= 0.3 is 0 Å². The molecule has 0 saturated carbocycles. The first-order valence-corrected chi connectivity index (χ1v) is 7.57. The van der Waals surface area contributed by atoms with Gasteiger partial charge in [-0.15, -0.1) is 0 Å². The second kappa shape index (κ2) is 6.06. The highest BCUT2D eigenvalue weighted by atomic mass is 79.9. The van der Waals surface area contributed by atoms with Crippen LogP contribution in [0.5, 0.6) is 0 Å². The minimum Gasteiger partial charge on any atom is -0.326 e. The first-order chi connectivity index (χ1) is 9.00. The minimum atomic E-state index is -0.347. The van der Waals surface area contributed by atoms with Crippen molar-refractivity contribution in [2.45, 2.75) is 26.7 Å². The van der Waals surface area contributed by atoms with E-state index < -0.39 is 0 Å². The van der Waals surface area contributed by atoms with Crippen LogP contribution >= 0.6 is 15.9 Å². The van der Waals surface area contributed by atoms with E-state index in [0.29, 0.717) is 5.92 Å². The van der Waals surface area contributed by atoms with Gasteiger partial charge in [-0.25, -0.2) is 0 Å². The molecule has 104 valence electrons. The summed E-state index contributed by atoms with van der Waals surface area (Å²) in [5.41, 5.74) is 0.505. The SMILES string of the molecule is CC(C)(C(=O)Nc1ccc(Br)cc1)C1CCCNC1. The lowest BCUT2D eigenvalue weighted by Gasteiger charge is -2.36. The van der Waals surface area contributed by atoms with Crippen molar-refractivity contribution in [1.29, 1.82) is 0 Å². The zero-order valence-electron chi connectivity index (χ0n) is 11.5. The van der Waals surface area contributed by atoms with Gasteiger partial charge in [-0.05, 0) is 56.1 Å². The van der Waals surface area contributed by atoms with E-state index in [4.69, 9.17) is 0 Å². The molecular weight excluding hydrogens is 304 g/mol. The van der Waals surface area contributed by atoms with Gasteiger partial charge in [-0.2, -0.15) is 0 Å². The van der Waals surface area contributed by atoms with Crippen molar-refractivity contribution in [3.05, 3.63) is 28.7 Å². The minimum absolute atomic E-state index is 0.100. The molecule has 1 aromatic carbocycles. The van der Waals surface area contributed by atoms with Crippen LogP contribution in [0.1, 0.15) is 26.7 Å². The standard InChI is InChI=1S/C15H21BrN2O/c1-15(2,11-4-3-9-17-10-11)14(19)18-13-7-5-12(16)6-8-13/h5-8,11,17H,3-4,9-10H2,1-2H3,(H,18,19). The summed E-state index contributed by atoms with van der Waals surface area (Å²) in [6, 6.07) is 7.70. The van der Waals surface area contributed by atoms with Crippen LogP contribution < -0.4 is 10.6 Å². The Balaban J connectivity index is 2.03. The number of hydrogen-bond acceptors (Lipinski definition) is 2. The van der Waals surface area contributed by atoms with Crippen LogP contribution in [0.4, 0.5) is 5.69 Å². The first-order valence-electron chi connectivity index (χ1n) is 6.78. The molecule has 0 radical (unpaired) electrons. The maximum atomic E-state index is 12.5. The lowest BCUT2D eigenvalue weighted by atomic mass is 9.74. The Morgan fingerprint density at radius 3 is 2.63 bits per heavy atom. The molecule has 0 bridgehead atoms. The Hall–Kier alpha value is -0.870. The van der Waals surface area contributed by atoms with Crippen molar-refractivity contribution >= 4 is 27.5 Å². The van der Waals surface area contributed by atoms with E-state index in [2.05, 4.69) is 26.6 Å². The van der Waals surface area contributed by atoms with Crippen molar-refractivity contribution in [2.24, 2.45) is 11.3 Å². The quantitative estimate of drug-likeness (QED) is 0.894. The molecule has 1 aliphatic heterocycles. The van der Waals surface area contributed by atoms with E-state index in [1.807, 2.05) is 38.1 Å². The van der Waals surface area contributed by atoms with E-state index >= 15 is 0 Å². The third kappa shape index (κ3) is 3.57. The number of piperidine rings is 1. The Labute approximate surface area is 123 Å². The van der Waals surface area contributed by atoms with E-state index in [0.717, 1.165) is 36.1 Å². The molecule has 2 rings (SSSR count). The van der Waals surface area contributed by atoms with Crippen LogP contribution in [-0.4, -0.2) is 19.0 Å². The summed E-state index contributed by atoms with van der Waals surface area (Å²) in [7, 11) is 0. The molecule has 1 fully saturated rings. The number of rotatable bonds is 3. The molecule has 1 heterocycles. The summed E-state index contributed by atoms with van der Waals surface area (Å²) in [6.07, 6.45) is 2.27. The third-order valence-corrected chi connectivity index (χ3v) is 4.53. The zero-order valence-corrected chi connectivity index (χ0v) is 13.1. The Kier molecular flexibility index (Phi) is 4.63. The summed E-state index contributed by atoms with van der Waals surface area (Å²) >= 11 is 3.39. The monoisotopic (exact) mass is 324 g/mol. The Morgan fingerprint density at radius 2 is 2.05 bits per heavy atom. The highest BCUT2D eigenvalue weighted by Crippen LogP contribution is 2.33. The smallest absolute Gasteiger partial charge is 0.230 e. The number of carbonyl (C=O) groups is 1. The Morgan fingerprint density at radius 1 is 1.37 bits per heavy atom. The van der Waals surface area contributed by atoms with Crippen molar-refractivity contribution < 1.29 is 4.79 Å². The summed E-state index contributed by atoms with van der Waals surface area (Å²) in [4.78, 5) is 12.5. The van der Waals surface area contributed by atoms with Gasteiger partial charge < -0.3 is 10.6 Å². The number of amides is 1. The number of halogens is 1. The average Bonchev–Trinajstić information content (AvgIpc) is 2.42. The molecule has 1 saturated heterocycles. The molecule has 0 aliphatic carbocycles. The summed E-state index contributed by atoms with van der Waals surface area (Å²) in [5.74, 6) is 0.500. The van der Waals surface area contributed by atoms with E-state index in [9.17, 15) is 4.79 Å². The summed E-state index contributed by atoms with van der Waals surface area (Å²) in [6.45, 7) is 6.08. The molecule has 3 nitrogen and oxygen atoms in total. The molecule has 2 N–H and O–H groups in total. The van der Waals surface area contributed by atoms with Gasteiger partial charge in [-0.1, -0.05) is 29.8 Å². The van der Waals surface area contributed by atoms with Gasteiger partial charge in [0, 0.05) is 15.6 Å². The van der Waals surface area contributed by atoms with Gasteiger partial charge in [0.15, 0.2) is 0 Å². The Bertz CT molecular complexity index is 436. The zero-order chi connectivity index (χ0) is 13.9. The topological polar surface area (TPSA) is 41.1 Å². The highest BCUT2D eigenvalue weighted by molar-refractivity contribution is 9.10. The summed E-state index contributed by atoms with van der Waals surface area (Å²) < 4.78 is 1.02. The second-order valence-electron chi connectivity index (χ2n) is 5.73. The van der Waals surface area contributed by atoms with Gasteiger partial charge in [0.05, 0.1) is 0 Å². The van der Waals surface area contributed by atoms with E-state index in [-0.39, 0.29) is 11.3 Å². The van der Waals surface area contributed by atoms with Crippen molar-refractivity contribution in [2.75, 3.05) is 18.4 Å². The lowest BCUT2D eigenvalue weighted by Crippen LogP contribution is -2.44. The van der Waals surface area contributed by atoms with Crippen LogP contribution in [0, 0.1) is 11.3 Å². The maximum Gasteiger partial charge on any atom is 0.230 e. The van der Waals surface area contributed by atoms with Gasteiger partial charge in [0.25, 0.3) is 0 Å². The van der Waals surface area contributed by atoms with E-state index in [1.165, 1.54) is 0 Å². The van der Waals surface area contributed by atoms with Crippen LogP contribution in [0.3, 0.4) is 0 Å². The predicted molar refractivity (Wildman–Crippen MR) is 82.1 cm³/mol. The highest BCUT2D eigenvalue weighted by Gasteiger charge is 2.37. The van der Waals surface area contributed by atoms with Crippen molar-refractivity contribution in [1.82, 2.24) is 5.32 Å². The molecule has 1 atom stereocenters. The van der Waals surface area contributed by atoms with Crippen LogP contribution in [0.25, 0.3) is 0 Å². The molecule has 19 heavy (non-hydrogen) atoms. The molecular formula is C15H21BrN2O. The number of carbonyl (C=O) groups excluding carboxylic acids is 1. The van der Waals surface area contributed by atoms with Crippen molar-refractivity contribution in [3.8, 4) is 0 Å². The van der Waals surface area contributed by atoms with Crippen LogP contribution in [-0.2, 0) is 4.79 Å². The maximum absolute atomic E-state index is 12.5. The fourth-order valence-electron chi connectivity index (χ4n) is 2.48. The van der Waals surface area contributed by atoms with Gasteiger partial charge in [0.2, 0.25) is 5.91 Å². The van der Waals surface area contributed by atoms with E-state index in [1.54, 1.807) is 0 Å². The average molecular weight is 325 g/mol. The molecule has 1 aromatic rings. The largest absolute Gasteiger partial charge is 0.326 e. The van der Waals surface area contributed by atoms with Gasteiger partial charge in [0.1, 0.15) is 0 Å². The number of hydrogen-bond donors (Lipinski definition) is 2. The van der Waals surface area contributed by atoms with Crippen molar-refractivity contribution in [3.63, 3.8) is 0 Å². The molecule has 1 aliphatic rings. The lowest BCUT2D eigenvalue weighted by molar-refractivity contribution is -0.127. The summed E-state index contributed by atoms with van der Waals surface area (Å²) in [5, 5.41) is 6.40. The molecule has 1 unspecified atom stereocenters. The van der Waals surface area contributed by atoms with Gasteiger partial charge in [-0.3, -0.25) is 4.79 Å². The fourth-order valence-corrected chi connectivity index (χ4v) is 2.74. The fraction of sp³-hybridized carbons (Fsp3) is 0.533. The molecule has 0 aromatic heterocycles. The third-order valence-electron chi connectivity index (χ3n) is 4.00. The number of benzene rings is 1. The second-order valence-corrected chi connectivity index (χ2v) is 6.64. The first kappa shape index (κ1) is 14.5.